The highest BCUT2D eigenvalue weighted by atomic mass is 32.2. The third-order valence-corrected chi connectivity index (χ3v) is 2.58. The summed E-state index contributed by atoms with van der Waals surface area (Å²) in [4.78, 5) is 10.6. The Morgan fingerprint density at radius 2 is 2.20 bits per heavy atom. The molecular formula is C5H9NO3S. The molecule has 1 aliphatic rings. The lowest BCUT2D eigenvalue weighted by atomic mass is 10.1. The molecule has 0 aromatic carbocycles. The Morgan fingerprint density at radius 3 is 2.30 bits per heavy atom. The minimum atomic E-state index is -1.89. The lowest BCUT2D eigenvalue weighted by Gasteiger charge is -2.05. The summed E-state index contributed by atoms with van der Waals surface area (Å²) in [5.41, 5.74) is 4.36. The van der Waals surface area contributed by atoms with E-state index in [0.29, 0.717) is 12.8 Å². The van der Waals surface area contributed by atoms with Crippen molar-refractivity contribution >= 4 is 17.0 Å². The van der Waals surface area contributed by atoms with Crippen molar-refractivity contribution in [3.05, 3.63) is 0 Å². The standard InChI is InChI=1S/C5H9NO3S/c6-4(7)5(1-2-5)3-10(8)9/h1-3H2,(H2,6,7)(H,8,9). The highest BCUT2D eigenvalue weighted by Gasteiger charge is 2.49. The van der Waals surface area contributed by atoms with Gasteiger partial charge in [0, 0.05) is 0 Å². The van der Waals surface area contributed by atoms with E-state index >= 15 is 0 Å². The topological polar surface area (TPSA) is 80.4 Å². The lowest BCUT2D eigenvalue weighted by Crippen LogP contribution is -2.29. The van der Waals surface area contributed by atoms with E-state index in [1.54, 1.807) is 0 Å². The fraction of sp³-hybridized carbons (Fsp3) is 0.800. The summed E-state index contributed by atoms with van der Waals surface area (Å²) in [6, 6.07) is 0. The molecule has 0 saturated heterocycles. The minimum Gasteiger partial charge on any atom is -0.369 e. The second-order valence-electron chi connectivity index (χ2n) is 2.61. The van der Waals surface area contributed by atoms with Crippen molar-refractivity contribution in [3.8, 4) is 0 Å². The minimum absolute atomic E-state index is 0.00231. The number of carbonyl (C=O) groups is 1. The van der Waals surface area contributed by atoms with Crippen LogP contribution in [-0.2, 0) is 15.9 Å². The molecule has 3 N–H and O–H groups in total. The zero-order valence-electron chi connectivity index (χ0n) is 5.37. The maximum absolute atomic E-state index is 10.6. The molecule has 1 atom stereocenters. The molecule has 0 aliphatic heterocycles. The van der Waals surface area contributed by atoms with Crippen LogP contribution >= 0.6 is 0 Å². The first-order valence-electron chi connectivity index (χ1n) is 2.94. The first-order chi connectivity index (χ1) is 4.57. The first-order valence-corrected chi connectivity index (χ1v) is 4.22. The molecule has 0 bridgehead atoms. The molecule has 1 rings (SSSR count). The van der Waals surface area contributed by atoms with E-state index < -0.39 is 22.4 Å². The molecule has 1 saturated carbocycles. The number of nitrogens with two attached hydrogens (primary N) is 1. The van der Waals surface area contributed by atoms with Gasteiger partial charge >= 0.3 is 0 Å². The Bertz CT molecular complexity index is 187. The van der Waals surface area contributed by atoms with Crippen molar-refractivity contribution in [2.45, 2.75) is 12.8 Å². The first kappa shape index (κ1) is 7.68. The van der Waals surface area contributed by atoms with E-state index in [1.165, 1.54) is 0 Å². The molecule has 0 spiro atoms. The largest absolute Gasteiger partial charge is 0.369 e. The molecule has 4 nitrogen and oxygen atoms in total. The average molecular weight is 163 g/mol. The summed E-state index contributed by atoms with van der Waals surface area (Å²) in [6.45, 7) is 0. The Labute approximate surface area is 61.1 Å². The number of amides is 1. The number of hydrogen-bond acceptors (Lipinski definition) is 2. The molecule has 0 aromatic heterocycles. The molecule has 1 amide bonds. The fourth-order valence-corrected chi connectivity index (χ4v) is 1.75. The van der Waals surface area contributed by atoms with Crippen LogP contribution in [0.5, 0.6) is 0 Å². The van der Waals surface area contributed by atoms with Crippen molar-refractivity contribution in [1.29, 1.82) is 0 Å². The Morgan fingerprint density at radius 1 is 1.70 bits per heavy atom. The molecule has 0 radical (unpaired) electrons. The van der Waals surface area contributed by atoms with E-state index in [4.69, 9.17) is 10.3 Å². The molecule has 5 heteroatoms. The van der Waals surface area contributed by atoms with E-state index in [2.05, 4.69) is 0 Å². The predicted molar refractivity (Wildman–Crippen MR) is 36.5 cm³/mol. The van der Waals surface area contributed by atoms with Crippen molar-refractivity contribution in [2.75, 3.05) is 5.75 Å². The molecule has 58 valence electrons. The summed E-state index contributed by atoms with van der Waals surface area (Å²) < 4.78 is 18.7. The van der Waals surface area contributed by atoms with Crippen LogP contribution in [0.25, 0.3) is 0 Å². The van der Waals surface area contributed by atoms with Gasteiger partial charge in [0.25, 0.3) is 0 Å². The van der Waals surface area contributed by atoms with Gasteiger partial charge in [0.1, 0.15) is 0 Å². The van der Waals surface area contributed by atoms with E-state index in [9.17, 15) is 9.00 Å². The third-order valence-electron chi connectivity index (χ3n) is 1.78. The fourth-order valence-electron chi connectivity index (χ4n) is 0.849. The number of rotatable bonds is 3. The van der Waals surface area contributed by atoms with Crippen molar-refractivity contribution in [2.24, 2.45) is 11.1 Å². The Kier molecular flexibility index (Phi) is 1.78. The Balaban J connectivity index is 2.53. The summed E-state index contributed by atoms with van der Waals surface area (Å²) in [5.74, 6) is -0.447. The molecule has 0 aromatic rings. The molecule has 1 unspecified atom stereocenters. The number of primary amides is 1. The molecular weight excluding hydrogens is 154 g/mol. The molecule has 1 aliphatic carbocycles. The van der Waals surface area contributed by atoms with E-state index in [-0.39, 0.29) is 5.75 Å². The average Bonchev–Trinajstić information content (AvgIpc) is 2.46. The van der Waals surface area contributed by atoms with E-state index in [0.717, 1.165) is 0 Å². The third kappa shape index (κ3) is 1.35. The van der Waals surface area contributed by atoms with Gasteiger partial charge in [-0.15, -0.1) is 0 Å². The summed E-state index contributed by atoms with van der Waals surface area (Å²) >= 11 is -1.89. The highest BCUT2D eigenvalue weighted by molar-refractivity contribution is 7.79. The van der Waals surface area contributed by atoms with Crippen LogP contribution in [0.15, 0.2) is 0 Å². The summed E-state index contributed by atoms with van der Waals surface area (Å²) in [6.07, 6.45) is 1.32. The molecule has 1 fully saturated rings. The van der Waals surface area contributed by atoms with Crippen LogP contribution in [0.2, 0.25) is 0 Å². The monoisotopic (exact) mass is 163 g/mol. The predicted octanol–water partition coefficient (Wildman–Crippen LogP) is -0.526. The van der Waals surface area contributed by atoms with Gasteiger partial charge in [0.05, 0.1) is 11.2 Å². The van der Waals surface area contributed by atoms with Crippen LogP contribution < -0.4 is 5.73 Å². The zero-order valence-corrected chi connectivity index (χ0v) is 6.19. The number of carbonyl (C=O) groups excluding carboxylic acids is 1. The van der Waals surface area contributed by atoms with Gasteiger partial charge in [-0.1, -0.05) is 0 Å². The van der Waals surface area contributed by atoms with E-state index in [1.807, 2.05) is 0 Å². The van der Waals surface area contributed by atoms with Gasteiger partial charge in [-0.3, -0.25) is 4.79 Å². The summed E-state index contributed by atoms with van der Waals surface area (Å²) in [7, 11) is 0. The molecule has 10 heavy (non-hydrogen) atoms. The zero-order chi connectivity index (χ0) is 7.78. The van der Waals surface area contributed by atoms with Crippen molar-refractivity contribution in [1.82, 2.24) is 0 Å². The lowest BCUT2D eigenvalue weighted by molar-refractivity contribution is -0.122. The molecule has 0 heterocycles. The number of hydrogen-bond donors (Lipinski definition) is 2. The van der Waals surface area contributed by atoms with Crippen LogP contribution in [0.4, 0.5) is 0 Å². The van der Waals surface area contributed by atoms with Crippen LogP contribution in [-0.4, -0.2) is 20.4 Å². The van der Waals surface area contributed by atoms with Crippen LogP contribution in [0.1, 0.15) is 12.8 Å². The van der Waals surface area contributed by atoms with Gasteiger partial charge in [-0.05, 0) is 12.8 Å². The smallest absolute Gasteiger partial charge is 0.224 e. The highest BCUT2D eigenvalue weighted by Crippen LogP contribution is 2.45. The summed E-state index contributed by atoms with van der Waals surface area (Å²) in [5, 5.41) is 0. The second kappa shape index (κ2) is 2.32. The van der Waals surface area contributed by atoms with Crippen molar-refractivity contribution < 1.29 is 13.6 Å². The maximum Gasteiger partial charge on any atom is 0.224 e. The van der Waals surface area contributed by atoms with Crippen molar-refractivity contribution in [3.63, 3.8) is 0 Å². The van der Waals surface area contributed by atoms with Crippen LogP contribution in [0, 0.1) is 5.41 Å². The van der Waals surface area contributed by atoms with Gasteiger partial charge in [0.15, 0.2) is 11.1 Å². The van der Waals surface area contributed by atoms with Gasteiger partial charge in [0.2, 0.25) is 5.91 Å². The van der Waals surface area contributed by atoms with Gasteiger partial charge in [-0.25, -0.2) is 4.21 Å². The van der Waals surface area contributed by atoms with Gasteiger partial charge < -0.3 is 10.3 Å². The quantitative estimate of drug-likeness (QED) is 0.549. The normalized spacial score (nSPS) is 23.7. The maximum atomic E-state index is 10.6. The Hall–Kier alpha value is -0.420. The van der Waals surface area contributed by atoms with Gasteiger partial charge in [-0.2, -0.15) is 0 Å². The van der Waals surface area contributed by atoms with Crippen LogP contribution in [0.3, 0.4) is 0 Å². The second-order valence-corrected chi connectivity index (χ2v) is 3.54. The SMILES string of the molecule is NC(=O)C1(CS(=O)O)CC1.